The summed E-state index contributed by atoms with van der Waals surface area (Å²) in [5, 5.41) is 14.5. The van der Waals surface area contributed by atoms with Crippen LogP contribution in [0.15, 0.2) is 12.1 Å². The van der Waals surface area contributed by atoms with Gasteiger partial charge in [0.25, 0.3) is 0 Å². The molecule has 0 fully saturated rings. The van der Waals surface area contributed by atoms with E-state index in [1.807, 2.05) is 6.92 Å². The topological polar surface area (TPSA) is 73.6 Å². The minimum absolute atomic E-state index is 0.0428. The Morgan fingerprint density at radius 1 is 1.29 bits per heavy atom. The van der Waals surface area contributed by atoms with Crippen molar-refractivity contribution in [3.63, 3.8) is 0 Å². The number of methoxy groups -OCH3 is 1. The Labute approximate surface area is 125 Å². The van der Waals surface area contributed by atoms with Crippen LogP contribution < -0.4 is 14.8 Å². The van der Waals surface area contributed by atoms with Crippen molar-refractivity contribution < 1.29 is 14.4 Å². The Kier molecular flexibility index (Phi) is 7.53. The molecule has 1 N–H and O–H groups in total. The maximum absolute atomic E-state index is 11.3. The summed E-state index contributed by atoms with van der Waals surface area (Å²) in [7, 11) is 1.50. The molecule has 118 valence electrons. The van der Waals surface area contributed by atoms with E-state index in [4.69, 9.17) is 9.47 Å². The van der Waals surface area contributed by atoms with Gasteiger partial charge in [-0.2, -0.15) is 0 Å². The third-order valence-electron chi connectivity index (χ3n) is 3.01. The molecule has 0 aliphatic heterocycles. The minimum atomic E-state index is -0.423. The van der Waals surface area contributed by atoms with Gasteiger partial charge in [0.2, 0.25) is 5.75 Å². The van der Waals surface area contributed by atoms with Crippen LogP contribution >= 0.6 is 0 Å². The highest BCUT2D eigenvalue weighted by molar-refractivity contribution is 5.58. The number of nitrogens with zero attached hydrogens (tertiary/aromatic N) is 1. The monoisotopic (exact) mass is 296 g/mol. The van der Waals surface area contributed by atoms with Gasteiger partial charge in [-0.15, -0.1) is 0 Å². The maximum Gasteiger partial charge on any atom is 0.315 e. The minimum Gasteiger partial charge on any atom is -0.493 e. The zero-order chi connectivity index (χ0) is 15.7. The Balaban J connectivity index is 3.01. The molecule has 21 heavy (non-hydrogen) atoms. The standard InChI is InChI=1S/C15H24N2O4/c1-4-6-8-21-15-13(17(18)19)9-12(10-14(15)20-3)11-16-7-5-2/h9-10,16H,4-8,11H2,1-3H3. The summed E-state index contributed by atoms with van der Waals surface area (Å²) in [6, 6.07) is 3.34. The van der Waals surface area contributed by atoms with Gasteiger partial charge in [0, 0.05) is 12.6 Å². The smallest absolute Gasteiger partial charge is 0.315 e. The molecule has 0 bridgehead atoms. The Bertz CT molecular complexity index is 463. The summed E-state index contributed by atoms with van der Waals surface area (Å²) in [4.78, 5) is 10.8. The van der Waals surface area contributed by atoms with Gasteiger partial charge >= 0.3 is 5.69 Å². The molecule has 1 rings (SSSR count). The Morgan fingerprint density at radius 3 is 2.62 bits per heavy atom. The summed E-state index contributed by atoms with van der Waals surface area (Å²) >= 11 is 0. The van der Waals surface area contributed by atoms with E-state index in [-0.39, 0.29) is 11.4 Å². The lowest BCUT2D eigenvalue weighted by Gasteiger charge is -2.13. The number of hydrogen-bond donors (Lipinski definition) is 1. The predicted molar refractivity (Wildman–Crippen MR) is 82.0 cm³/mol. The molecule has 0 amide bonds. The molecule has 6 nitrogen and oxygen atoms in total. The van der Waals surface area contributed by atoms with E-state index >= 15 is 0 Å². The summed E-state index contributed by atoms with van der Waals surface area (Å²) in [5.74, 6) is 0.629. The van der Waals surface area contributed by atoms with Gasteiger partial charge in [0.05, 0.1) is 18.6 Å². The summed E-state index contributed by atoms with van der Waals surface area (Å²) in [6.45, 7) is 5.99. The number of benzene rings is 1. The van der Waals surface area contributed by atoms with Crippen molar-refractivity contribution in [2.75, 3.05) is 20.3 Å². The highest BCUT2D eigenvalue weighted by Gasteiger charge is 2.22. The van der Waals surface area contributed by atoms with Crippen molar-refractivity contribution in [1.82, 2.24) is 5.32 Å². The normalized spacial score (nSPS) is 10.4. The van der Waals surface area contributed by atoms with Gasteiger partial charge in [-0.05, 0) is 31.0 Å². The number of unbranched alkanes of at least 4 members (excludes halogenated alkanes) is 1. The fraction of sp³-hybridized carbons (Fsp3) is 0.600. The first-order chi connectivity index (χ1) is 10.1. The third-order valence-corrected chi connectivity index (χ3v) is 3.01. The van der Waals surface area contributed by atoms with Crippen LogP contribution in [0.1, 0.15) is 38.7 Å². The maximum atomic E-state index is 11.3. The molecule has 0 atom stereocenters. The van der Waals surface area contributed by atoms with Crippen molar-refractivity contribution in [2.45, 2.75) is 39.7 Å². The summed E-state index contributed by atoms with van der Waals surface area (Å²) < 4.78 is 10.8. The van der Waals surface area contributed by atoms with Gasteiger partial charge < -0.3 is 14.8 Å². The zero-order valence-electron chi connectivity index (χ0n) is 13.0. The van der Waals surface area contributed by atoms with Crippen molar-refractivity contribution in [3.05, 3.63) is 27.8 Å². The number of hydrogen-bond acceptors (Lipinski definition) is 5. The van der Waals surface area contributed by atoms with Crippen LogP contribution in [0, 0.1) is 10.1 Å². The Morgan fingerprint density at radius 2 is 2.05 bits per heavy atom. The van der Waals surface area contributed by atoms with Crippen LogP contribution in [-0.2, 0) is 6.54 Å². The SMILES string of the molecule is CCCCOc1c(OC)cc(CNCCC)cc1[N+](=O)[O-]. The molecular weight excluding hydrogens is 272 g/mol. The first-order valence-electron chi connectivity index (χ1n) is 7.32. The molecule has 0 saturated heterocycles. The fourth-order valence-electron chi connectivity index (χ4n) is 1.91. The molecule has 1 aromatic rings. The van der Waals surface area contributed by atoms with Crippen molar-refractivity contribution >= 4 is 5.69 Å². The van der Waals surface area contributed by atoms with E-state index in [0.717, 1.165) is 31.4 Å². The average Bonchev–Trinajstić information content (AvgIpc) is 2.48. The molecule has 0 aromatic heterocycles. The van der Waals surface area contributed by atoms with E-state index in [2.05, 4.69) is 12.2 Å². The highest BCUT2D eigenvalue weighted by atomic mass is 16.6. The second-order valence-corrected chi connectivity index (χ2v) is 4.78. The molecule has 0 spiro atoms. The van der Waals surface area contributed by atoms with E-state index < -0.39 is 4.92 Å². The average molecular weight is 296 g/mol. The number of rotatable bonds is 10. The molecule has 0 unspecified atom stereocenters. The van der Waals surface area contributed by atoms with Crippen molar-refractivity contribution in [2.24, 2.45) is 0 Å². The third kappa shape index (κ3) is 5.23. The highest BCUT2D eigenvalue weighted by Crippen LogP contribution is 2.38. The largest absolute Gasteiger partial charge is 0.493 e. The van der Waals surface area contributed by atoms with Gasteiger partial charge in [-0.3, -0.25) is 10.1 Å². The molecular formula is C15H24N2O4. The van der Waals surface area contributed by atoms with Crippen molar-refractivity contribution in [3.8, 4) is 11.5 Å². The van der Waals surface area contributed by atoms with E-state index in [1.54, 1.807) is 12.1 Å². The zero-order valence-corrected chi connectivity index (χ0v) is 13.0. The van der Waals surface area contributed by atoms with Gasteiger partial charge in [0.1, 0.15) is 0 Å². The van der Waals surface area contributed by atoms with Crippen molar-refractivity contribution in [1.29, 1.82) is 0 Å². The molecule has 6 heteroatoms. The lowest BCUT2D eigenvalue weighted by molar-refractivity contribution is -0.386. The van der Waals surface area contributed by atoms with Crippen LogP contribution in [0.2, 0.25) is 0 Å². The number of nitro groups is 1. The second kappa shape index (κ2) is 9.18. The second-order valence-electron chi connectivity index (χ2n) is 4.78. The summed E-state index contributed by atoms with van der Waals surface area (Å²) in [6.07, 6.45) is 2.83. The Hall–Kier alpha value is -1.82. The molecule has 0 aliphatic carbocycles. The van der Waals surface area contributed by atoms with Crippen LogP contribution in [0.5, 0.6) is 11.5 Å². The first kappa shape index (κ1) is 17.2. The lowest BCUT2D eigenvalue weighted by Crippen LogP contribution is -2.14. The molecule has 1 aromatic carbocycles. The van der Waals surface area contributed by atoms with Gasteiger partial charge in [0.15, 0.2) is 5.75 Å². The van der Waals surface area contributed by atoms with E-state index in [9.17, 15) is 10.1 Å². The van der Waals surface area contributed by atoms with Gasteiger partial charge in [-0.1, -0.05) is 20.3 Å². The molecule has 0 aliphatic rings. The lowest BCUT2D eigenvalue weighted by atomic mass is 10.1. The van der Waals surface area contributed by atoms with Gasteiger partial charge in [-0.25, -0.2) is 0 Å². The number of nitrogens with one attached hydrogen (secondary N) is 1. The van der Waals surface area contributed by atoms with Crippen LogP contribution in [0.25, 0.3) is 0 Å². The number of ether oxygens (including phenoxy) is 2. The van der Waals surface area contributed by atoms with E-state index in [1.165, 1.54) is 7.11 Å². The molecule has 0 radical (unpaired) electrons. The predicted octanol–water partition coefficient (Wildman–Crippen LogP) is 3.28. The number of nitro benzene ring substituents is 1. The summed E-state index contributed by atoms with van der Waals surface area (Å²) in [5.41, 5.74) is 0.772. The van der Waals surface area contributed by atoms with Crippen LogP contribution in [0.4, 0.5) is 5.69 Å². The molecule has 0 heterocycles. The van der Waals surface area contributed by atoms with Crippen LogP contribution in [-0.4, -0.2) is 25.2 Å². The van der Waals surface area contributed by atoms with Crippen LogP contribution in [0.3, 0.4) is 0 Å². The first-order valence-corrected chi connectivity index (χ1v) is 7.32. The molecule has 0 saturated carbocycles. The fourth-order valence-corrected chi connectivity index (χ4v) is 1.91. The quantitative estimate of drug-likeness (QED) is 0.407. The van der Waals surface area contributed by atoms with E-state index in [0.29, 0.717) is 18.9 Å².